The predicted octanol–water partition coefficient (Wildman–Crippen LogP) is 3.54. The Hall–Kier alpha value is -2.32. The number of nitrogens with one attached hydrogen (secondary N) is 2. The van der Waals surface area contributed by atoms with E-state index < -0.39 is 0 Å². The summed E-state index contributed by atoms with van der Waals surface area (Å²) in [5.74, 6) is 3.04. The largest absolute Gasteiger partial charge is 0.492 e. The van der Waals surface area contributed by atoms with Crippen molar-refractivity contribution in [3.63, 3.8) is 0 Å². The van der Waals surface area contributed by atoms with E-state index in [2.05, 4.69) is 10.6 Å². The van der Waals surface area contributed by atoms with Crippen molar-refractivity contribution in [3.8, 4) is 11.5 Å². The minimum absolute atomic E-state index is 0.0101. The van der Waals surface area contributed by atoms with Gasteiger partial charge >= 0.3 is 0 Å². The molecule has 0 aromatic heterocycles. The lowest BCUT2D eigenvalue weighted by Crippen LogP contribution is -2.28. The molecule has 0 aliphatic carbocycles. The first-order valence-corrected chi connectivity index (χ1v) is 12.4. The molecule has 0 aliphatic heterocycles. The van der Waals surface area contributed by atoms with Crippen molar-refractivity contribution in [2.45, 2.75) is 12.8 Å². The number of carbonyl (C=O) groups is 2. The normalized spacial score (nSPS) is 10.3. The van der Waals surface area contributed by atoms with Crippen LogP contribution in [0.4, 0.5) is 0 Å². The fourth-order valence-electron chi connectivity index (χ4n) is 2.32. The maximum Gasteiger partial charge on any atom is 0.220 e. The minimum atomic E-state index is 0.0101. The number of carbonyl (C=O) groups excluding carboxylic acids is 2. The zero-order valence-corrected chi connectivity index (χ0v) is 18.5. The molecule has 6 nitrogen and oxygen atoms in total. The van der Waals surface area contributed by atoms with Gasteiger partial charge in [-0.1, -0.05) is 58.0 Å². The summed E-state index contributed by atoms with van der Waals surface area (Å²) >= 11 is 0. The lowest BCUT2D eigenvalue weighted by Gasteiger charge is -2.08. The van der Waals surface area contributed by atoms with Crippen molar-refractivity contribution in [2.75, 3.05) is 37.8 Å². The Kier molecular flexibility index (Phi) is 12.4. The fourth-order valence-corrected chi connectivity index (χ4v) is 4.30. The SMILES string of the molecule is O=C(CCSSCCC(=O)NCCOc1ccccc1)NCCOc1ccccc1. The first kappa shape index (κ1) is 24.0. The molecule has 2 amide bonds. The van der Waals surface area contributed by atoms with Gasteiger partial charge in [-0.2, -0.15) is 0 Å². The molecule has 2 aromatic rings. The molecule has 0 atom stereocenters. The van der Waals surface area contributed by atoms with Gasteiger partial charge in [-0.25, -0.2) is 0 Å². The van der Waals surface area contributed by atoms with Crippen LogP contribution in [0.2, 0.25) is 0 Å². The molecular formula is C22H28N2O4S2. The number of benzene rings is 2. The van der Waals surface area contributed by atoms with E-state index in [1.807, 2.05) is 60.7 Å². The van der Waals surface area contributed by atoms with Gasteiger partial charge in [0.1, 0.15) is 24.7 Å². The highest BCUT2D eigenvalue weighted by Crippen LogP contribution is 2.22. The van der Waals surface area contributed by atoms with E-state index in [1.54, 1.807) is 21.6 Å². The maximum atomic E-state index is 11.8. The van der Waals surface area contributed by atoms with Crippen LogP contribution in [0.1, 0.15) is 12.8 Å². The summed E-state index contributed by atoms with van der Waals surface area (Å²) in [6.07, 6.45) is 0.901. The van der Waals surface area contributed by atoms with Crippen LogP contribution in [0.15, 0.2) is 60.7 Å². The standard InChI is InChI=1S/C22H28N2O4S2/c25-21(23-13-15-27-19-7-3-1-4-8-19)11-17-29-30-18-12-22(26)24-14-16-28-20-9-5-2-6-10-20/h1-10H,11-18H2,(H,23,25)(H,24,26). The van der Waals surface area contributed by atoms with Crippen LogP contribution in [0, 0.1) is 0 Å². The molecule has 30 heavy (non-hydrogen) atoms. The summed E-state index contributed by atoms with van der Waals surface area (Å²) in [6.45, 7) is 1.87. The molecule has 0 saturated heterocycles. The maximum absolute atomic E-state index is 11.8. The highest BCUT2D eigenvalue weighted by atomic mass is 33.1. The number of hydrogen-bond donors (Lipinski definition) is 2. The third-order valence-electron chi connectivity index (χ3n) is 3.78. The predicted molar refractivity (Wildman–Crippen MR) is 124 cm³/mol. The summed E-state index contributed by atoms with van der Waals surface area (Å²) in [6, 6.07) is 19.0. The zero-order valence-electron chi connectivity index (χ0n) is 16.9. The second-order valence-electron chi connectivity index (χ2n) is 6.17. The first-order valence-electron chi connectivity index (χ1n) is 9.87. The van der Waals surface area contributed by atoms with E-state index in [9.17, 15) is 9.59 Å². The van der Waals surface area contributed by atoms with E-state index in [1.165, 1.54) is 0 Å². The number of rotatable bonds is 15. The minimum Gasteiger partial charge on any atom is -0.492 e. The van der Waals surface area contributed by atoms with Crippen LogP contribution in [-0.2, 0) is 9.59 Å². The van der Waals surface area contributed by atoms with Gasteiger partial charge in [0, 0.05) is 24.3 Å². The van der Waals surface area contributed by atoms with E-state index in [-0.39, 0.29) is 11.8 Å². The van der Waals surface area contributed by atoms with Gasteiger partial charge in [0.25, 0.3) is 0 Å². The van der Waals surface area contributed by atoms with Gasteiger partial charge in [0.05, 0.1) is 13.1 Å². The third-order valence-corrected chi connectivity index (χ3v) is 6.19. The monoisotopic (exact) mass is 448 g/mol. The molecule has 2 aromatic carbocycles. The second kappa shape index (κ2) is 15.5. The quantitative estimate of drug-likeness (QED) is 0.321. The lowest BCUT2D eigenvalue weighted by molar-refractivity contribution is -0.121. The zero-order chi connectivity index (χ0) is 21.3. The Labute approximate surface area is 185 Å². The highest BCUT2D eigenvalue weighted by molar-refractivity contribution is 8.76. The molecule has 0 fully saturated rings. The number of hydrogen-bond acceptors (Lipinski definition) is 6. The number of ether oxygens (including phenoxy) is 2. The van der Waals surface area contributed by atoms with Crippen molar-refractivity contribution in [1.29, 1.82) is 0 Å². The van der Waals surface area contributed by atoms with Gasteiger partial charge < -0.3 is 20.1 Å². The Bertz CT molecular complexity index is 669. The van der Waals surface area contributed by atoms with Crippen LogP contribution in [0.25, 0.3) is 0 Å². The van der Waals surface area contributed by atoms with Crippen LogP contribution in [-0.4, -0.2) is 49.6 Å². The molecule has 0 heterocycles. The number of amides is 2. The fraction of sp³-hybridized carbons (Fsp3) is 0.364. The third kappa shape index (κ3) is 11.6. The van der Waals surface area contributed by atoms with Crippen LogP contribution in [0.5, 0.6) is 11.5 Å². The van der Waals surface area contributed by atoms with Gasteiger partial charge in [0.2, 0.25) is 11.8 Å². The van der Waals surface area contributed by atoms with Crippen molar-refractivity contribution >= 4 is 33.4 Å². The highest BCUT2D eigenvalue weighted by Gasteiger charge is 2.04. The second-order valence-corrected chi connectivity index (χ2v) is 8.87. The van der Waals surface area contributed by atoms with Crippen LogP contribution >= 0.6 is 21.6 Å². The van der Waals surface area contributed by atoms with Crippen molar-refractivity contribution in [2.24, 2.45) is 0 Å². The molecule has 0 bridgehead atoms. The summed E-state index contributed by atoms with van der Waals surface area (Å²) in [5, 5.41) is 5.68. The molecule has 0 spiro atoms. The van der Waals surface area contributed by atoms with Gasteiger partial charge in [-0.3, -0.25) is 9.59 Å². The first-order chi connectivity index (χ1) is 14.7. The van der Waals surface area contributed by atoms with Gasteiger partial charge in [-0.05, 0) is 24.3 Å². The van der Waals surface area contributed by atoms with Gasteiger partial charge in [0.15, 0.2) is 0 Å². The van der Waals surface area contributed by atoms with Crippen molar-refractivity contribution < 1.29 is 19.1 Å². The molecule has 8 heteroatoms. The van der Waals surface area contributed by atoms with E-state index in [0.717, 1.165) is 11.5 Å². The molecule has 2 rings (SSSR count). The lowest BCUT2D eigenvalue weighted by atomic mass is 10.3. The smallest absolute Gasteiger partial charge is 0.220 e. The summed E-state index contributed by atoms with van der Waals surface area (Å²) in [5.41, 5.74) is 0. The Balaban J connectivity index is 1.36. The summed E-state index contributed by atoms with van der Waals surface area (Å²) < 4.78 is 11.0. The molecule has 0 unspecified atom stereocenters. The molecule has 2 N–H and O–H groups in total. The van der Waals surface area contributed by atoms with Crippen LogP contribution in [0.3, 0.4) is 0 Å². The molecule has 0 aliphatic rings. The van der Waals surface area contributed by atoms with Crippen molar-refractivity contribution in [3.05, 3.63) is 60.7 Å². The average molecular weight is 449 g/mol. The Morgan fingerprint density at radius 1 is 0.667 bits per heavy atom. The average Bonchev–Trinajstić information content (AvgIpc) is 2.78. The molecule has 0 radical (unpaired) electrons. The Morgan fingerprint density at radius 2 is 1.07 bits per heavy atom. The topological polar surface area (TPSA) is 76.7 Å². The Morgan fingerprint density at radius 3 is 1.47 bits per heavy atom. The van der Waals surface area contributed by atoms with E-state index in [4.69, 9.17) is 9.47 Å². The summed E-state index contributed by atoms with van der Waals surface area (Å²) in [4.78, 5) is 23.6. The van der Waals surface area contributed by atoms with Crippen molar-refractivity contribution in [1.82, 2.24) is 10.6 Å². The summed E-state index contributed by atoms with van der Waals surface area (Å²) in [7, 11) is 3.21. The van der Waals surface area contributed by atoms with Gasteiger partial charge in [-0.15, -0.1) is 0 Å². The molecular weight excluding hydrogens is 420 g/mol. The van der Waals surface area contributed by atoms with Crippen LogP contribution < -0.4 is 20.1 Å². The van der Waals surface area contributed by atoms with E-state index >= 15 is 0 Å². The van der Waals surface area contributed by atoms with E-state index in [0.29, 0.717) is 50.7 Å². The molecule has 0 saturated carbocycles. The number of para-hydroxylation sites is 2. The molecule has 162 valence electrons.